The van der Waals surface area contributed by atoms with E-state index in [9.17, 15) is 0 Å². The van der Waals surface area contributed by atoms with Gasteiger partial charge in [0.2, 0.25) is 0 Å². The highest BCUT2D eigenvalue weighted by Crippen LogP contribution is 2.26. The van der Waals surface area contributed by atoms with Gasteiger partial charge >= 0.3 is 0 Å². The van der Waals surface area contributed by atoms with Crippen LogP contribution >= 0.6 is 11.3 Å². The van der Waals surface area contributed by atoms with Crippen molar-refractivity contribution in [2.24, 2.45) is 0 Å². The Morgan fingerprint density at radius 3 is 2.47 bits per heavy atom. The van der Waals surface area contributed by atoms with Crippen molar-refractivity contribution in [3.8, 4) is 0 Å². The lowest BCUT2D eigenvalue weighted by Gasteiger charge is -2.07. The summed E-state index contributed by atoms with van der Waals surface area (Å²) in [5.41, 5.74) is 4.24. The van der Waals surface area contributed by atoms with Crippen LogP contribution in [0.25, 0.3) is 10.1 Å². The van der Waals surface area contributed by atoms with Gasteiger partial charge in [0.15, 0.2) is 0 Å². The van der Waals surface area contributed by atoms with E-state index in [0.717, 1.165) is 6.42 Å². The lowest BCUT2D eigenvalue weighted by atomic mass is 9.98. The number of hydrogen-bond donors (Lipinski definition) is 0. The molecule has 0 saturated heterocycles. The van der Waals surface area contributed by atoms with Crippen LogP contribution in [-0.2, 0) is 6.42 Å². The van der Waals surface area contributed by atoms with Crippen LogP contribution in [-0.4, -0.2) is 0 Å². The lowest BCUT2D eigenvalue weighted by Crippen LogP contribution is -1.91. The van der Waals surface area contributed by atoms with Gasteiger partial charge in [-0.2, -0.15) is 0 Å². The molecule has 0 aliphatic carbocycles. The molecule has 2 aromatic carbocycles. The van der Waals surface area contributed by atoms with Gasteiger partial charge in [-0.1, -0.05) is 56.3 Å². The van der Waals surface area contributed by atoms with Gasteiger partial charge < -0.3 is 0 Å². The predicted octanol–water partition coefficient (Wildman–Crippen LogP) is 5.62. The number of rotatable bonds is 3. The Morgan fingerprint density at radius 2 is 1.74 bits per heavy atom. The minimum atomic E-state index is 0.606. The molecule has 0 fully saturated rings. The van der Waals surface area contributed by atoms with Crippen molar-refractivity contribution in [1.82, 2.24) is 0 Å². The fourth-order valence-corrected chi connectivity index (χ4v) is 3.35. The zero-order chi connectivity index (χ0) is 13.2. The number of benzene rings is 2. The third kappa shape index (κ3) is 2.57. The van der Waals surface area contributed by atoms with Crippen LogP contribution in [0.3, 0.4) is 0 Å². The molecule has 1 aromatic heterocycles. The van der Waals surface area contributed by atoms with E-state index >= 15 is 0 Å². The molecule has 0 bridgehead atoms. The second-order valence-corrected chi connectivity index (χ2v) is 6.25. The van der Waals surface area contributed by atoms with Crippen molar-refractivity contribution >= 4 is 21.4 Å². The first kappa shape index (κ1) is 12.4. The van der Waals surface area contributed by atoms with Crippen molar-refractivity contribution in [2.75, 3.05) is 0 Å². The molecule has 0 aliphatic heterocycles. The molecule has 0 unspecified atom stereocenters. The van der Waals surface area contributed by atoms with Crippen molar-refractivity contribution in [3.63, 3.8) is 0 Å². The van der Waals surface area contributed by atoms with Crippen LogP contribution in [0.15, 0.2) is 53.9 Å². The Kier molecular flexibility index (Phi) is 3.39. The quantitative estimate of drug-likeness (QED) is 0.577. The molecule has 1 heterocycles. The summed E-state index contributed by atoms with van der Waals surface area (Å²) in [6.45, 7) is 4.47. The molecule has 96 valence electrons. The van der Waals surface area contributed by atoms with E-state index in [2.05, 4.69) is 67.8 Å². The van der Waals surface area contributed by atoms with Gasteiger partial charge in [0, 0.05) is 4.70 Å². The van der Waals surface area contributed by atoms with Gasteiger partial charge in [0.1, 0.15) is 0 Å². The molecule has 19 heavy (non-hydrogen) atoms. The highest BCUT2D eigenvalue weighted by Gasteiger charge is 2.04. The summed E-state index contributed by atoms with van der Waals surface area (Å²) in [6.07, 6.45) is 1.02. The van der Waals surface area contributed by atoms with Crippen LogP contribution in [0.5, 0.6) is 0 Å². The minimum Gasteiger partial charge on any atom is -0.144 e. The second-order valence-electron chi connectivity index (χ2n) is 5.33. The van der Waals surface area contributed by atoms with Gasteiger partial charge in [0.25, 0.3) is 0 Å². The standard InChI is InChI=1S/C18H18S/c1-13(2)15-8-6-14(7-9-15)12-17-5-3-4-16-10-11-19-18(16)17/h3-11,13H,12H2,1-2H3. The summed E-state index contributed by atoms with van der Waals surface area (Å²) in [4.78, 5) is 0. The number of fused-ring (bicyclic) bond motifs is 1. The van der Waals surface area contributed by atoms with E-state index in [0.29, 0.717) is 5.92 Å². The van der Waals surface area contributed by atoms with Gasteiger partial charge in [-0.05, 0) is 45.9 Å². The molecule has 1 heteroatoms. The molecule has 0 atom stereocenters. The fourth-order valence-electron chi connectivity index (χ4n) is 2.43. The Labute approximate surface area is 118 Å². The van der Waals surface area contributed by atoms with E-state index in [4.69, 9.17) is 0 Å². The number of hydrogen-bond acceptors (Lipinski definition) is 1. The Morgan fingerprint density at radius 1 is 0.947 bits per heavy atom. The average molecular weight is 266 g/mol. The van der Waals surface area contributed by atoms with E-state index in [1.165, 1.54) is 26.8 Å². The summed E-state index contributed by atoms with van der Waals surface area (Å²) >= 11 is 1.84. The summed E-state index contributed by atoms with van der Waals surface area (Å²) in [6, 6.07) is 17.8. The van der Waals surface area contributed by atoms with E-state index in [1.54, 1.807) is 0 Å². The van der Waals surface area contributed by atoms with Crippen molar-refractivity contribution in [1.29, 1.82) is 0 Å². The predicted molar refractivity (Wildman–Crippen MR) is 85.2 cm³/mol. The molecule has 0 aliphatic rings. The molecule has 0 N–H and O–H groups in total. The summed E-state index contributed by atoms with van der Waals surface area (Å²) < 4.78 is 1.43. The lowest BCUT2D eigenvalue weighted by molar-refractivity contribution is 0.865. The van der Waals surface area contributed by atoms with E-state index in [-0.39, 0.29) is 0 Å². The van der Waals surface area contributed by atoms with Crippen LogP contribution in [0.1, 0.15) is 36.5 Å². The molecule has 3 rings (SSSR count). The minimum absolute atomic E-state index is 0.606. The van der Waals surface area contributed by atoms with Crippen LogP contribution in [0.4, 0.5) is 0 Å². The Hall–Kier alpha value is -1.60. The smallest absolute Gasteiger partial charge is 0.0378 e. The summed E-state index contributed by atoms with van der Waals surface area (Å²) in [7, 11) is 0. The molecule has 3 aromatic rings. The van der Waals surface area contributed by atoms with Gasteiger partial charge in [-0.15, -0.1) is 11.3 Å². The first-order chi connectivity index (χ1) is 9.24. The van der Waals surface area contributed by atoms with Crippen molar-refractivity contribution in [3.05, 3.63) is 70.6 Å². The second kappa shape index (κ2) is 5.18. The van der Waals surface area contributed by atoms with Gasteiger partial charge in [-0.25, -0.2) is 0 Å². The van der Waals surface area contributed by atoms with Crippen molar-refractivity contribution < 1.29 is 0 Å². The Balaban J connectivity index is 1.90. The first-order valence-electron chi connectivity index (χ1n) is 6.78. The maximum absolute atomic E-state index is 2.27. The van der Waals surface area contributed by atoms with Crippen LogP contribution in [0, 0.1) is 0 Å². The van der Waals surface area contributed by atoms with Crippen LogP contribution < -0.4 is 0 Å². The highest BCUT2D eigenvalue weighted by molar-refractivity contribution is 7.17. The first-order valence-corrected chi connectivity index (χ1v) is 7.66. The van der Waals surface area contributed by atoms with Crippen molar-refractivity contribution in [2.45, 2.75) is 26.2 Å². The van der Waals surface area contributed by atoms with Crippen LogP contribution in [0.2, 0.25) is 0 Å². The zero-order valence-corrected chi connectivity index (χ0v) is 12.2. The highest BCUT2D eigenvalue weighted by atomic mass is 32.1. The molecule has 0 amide bonds. The Bertz CT molecular complexity index is 674. The normalized spacial score (nSPS) is 11.3. The molecular formula is C18H18S. The monoisotopic (exact) mass is 266 g/mol. The van der Waals surface area contributed by atoms with E-state index in [1.807, 2.05) is 11.3 Å². The summed E-state index contributed by atoms with van der Waals surface area (Å²) in [5.74, 6) is 0.606. The molecule has 0 saturated carbocycles. The zero-order valence-electron chi connectivity index (χ0n) is 11.4. The third-order valence-corrected chi connectivity index (χ3v) is 4.61. The molecular weight excluding hydrogens is 248 g/mol. The van der Waals surface area contributed by atoms with Gasteiger partial charge in [-0.3, -0.25) is 0 Å². The third-order valence-electron chi connectivity index (χ3n) is 3.60. The topological polar surface area (TPSA) is 0 Å². The molecule has 0 spiro atoms. The SMILES string of the molecule is CC(C)c1ccc(Cc2cccc3ccsc23)cc1. The number of thiophene rings is 1. The summed E-state index contributed by atoms with van der Waals surface area (Å²) in [5, 5.41) is 3.54. The van der Waals surface area contributed by atoms with Gasteiger partial charge in [0.05, 0.1) is 0 Å². The largest absolute Gasteiger partial charge is 0.144 e. The van der Waals surface area contributed by atoms with E-state index < -0.39 is 0 Å². The molecule has 0 radical (unpaired) electrons. The maximum Gasteiger partial charge on any atom is 0.0378 e. The maximum atomic E-state index is 2.27. The molecule has 0 nitrogen and oxygen atoms in total. The fraction of sp³-hybridized carbons (Fsp3) is 0.222. The average Bonchev–Trinajstić information content (AvgIpc) is 2.89.